The highest BCUT2D eigenvalue weighted by Gasteiger charge is 2.40. The predicted octanol–water partition coefficient (Wildman–Crippen LogP) is 4.81. The van der Waals surface area contributed by atoms with Crippen molar-refractivity contribution in [1.29, 1.82) is 0 Å². The van der Waals surface area contributed by atoms with Crippen molar-refractivity contribution in [2.45, 2.75) is 44.7 Å². The van der Waals surface area contributed by atoms with Crippen molar-refractivity contribution >= 4 is 34.2 Å². The predicted molar refractivity (Wildman–Crippen MR) is 168 cm³/mol. The van der Waals surface area contributed by atoms with Crippen LogP contribution in [0.4, 0.5) is 5.69 Å². The summed E-state index contributed by atoms with van der Waals surface area (Å²) in [5, 5.41) is 2.13. The van der Waals surface area contributed by atoms with Crippen LogP contribution < -0.4 is 4.90 Å². The van der Waals surface area contributed by atoms with E-state index in [1.807, 2.05) is 54.6 Å². The van der Waals surface area contributed by atoms with E-state index in [1.165, 1.54) is 4.90 Å². The molecule has 0 spiro atoms. The Hall–Kier alpha value is -3.75. The van der Waals surface area contributed by atoms with Gasteiger partial charge in [0.05, 0.1) is 23.4 Å². The average Bonchev–Trinajstić information content (AvgIpc) is 3.28. The van der Waals surface area contributed by atoms with Gasteiger partial charge in [0.15, 0.2) is 0 Å². The first-order valence-electron chi connectivity index (χ1n) is 15.6. The van der Waals surface area contributed by atoms with Crippen LogP contribution >= 0.6 is 0 Å². The molecule has 8 heteroatoms. The molecular formula is C35H42N4O4. The standard InChI is InChI=1S/C35H42N4O4/c1-36-19-16-28(17-20-36)38(18-7-23-43-2)33(40)26-14-21-37(22-15-26)31-13-6-12-30-32(31)35(42)39(34(30)41)24-27-10-5-9-25-8-3-4-11-29(25)27/h3-6,8-13,26,28H,7,14-24H2,1-2H3. The molecular weight excluding hydrogens is 540 g/mol. The van der Waals surface area contributed by atoms with Crippen LogP contribution in [0.1, 0.15) is 58.4 Å². The monoisotopic (exact) mass is 582 g/mol. The van der Waals surface area contributed by atoms with E-state index < -0.39 is 0 Å². The number of amides is 3. The molecule has 226 valence electrons. The van der Waals surface area contributed by atoms with Crippen molar-refractivity contribution in [3.63, 3.8) is 0 Å². The summed E-state index contributed by atoms with van der Waals surface area (Å²) < 4.78 is 5.29. The van der Waals surface area contributed by atoms with Crippen LogP contribution in [0.15, 0.2) is 60.7 Å². The number of rotatable bonds is 9. The molecule has 0 aliphatic carbocycles. The zero-order valence-corrected chi connectivity index (χ0v) is 25.3. The van der Waals surface area contributed by atoms with Gasteiger partial charge in [0.2, 0.25) is 5.91 Å². The number of methoxy groups -OCH3 is 1. The molecule has 3 aliphatic heterocycles. The van der Waals surface area contributed by atoms with Crippen LogP contribution in [0, 0.1) is 5.92 Å². The van der Waals surface area contributed by atoms with Crippen molar-refractivity contribution in [3.05, 3.63) is 77.4 Å². The summed E-state index contributed by atoms with van der Waals surface area (Å²) in [5.41, 5.74) is 2.71. The van der Waals surface area contributed by atoms with E-state index in [0.717, 1.165) is 73.8 Å². The van der Waals surface area contributed by atoms with Crippen molar-refractivity contribution in [3.8, 4) is 0 Å². The van der Waals surface area contributed by atoms with Crippen molar-refractivity contribution < 1.29 is 19.1 Å². The van der Waals surface area contributed by atoms with Crippen LogP contribution in [0.25, 0.3) is 10.8 Å². The number of anilines is 1. The number of benzene rings is 3. The summed E-state index contributed by atoms with van der Waals surface area (Å²) >= 11 is 0. The van der Waals surface area contributed by atoms with Crippen molar-refractivity contribution in [2.75, 3.05) is 58.4 Å². The minimum atomic E-state index is -0.246. The molecule has 3 aliphatic rings. The zero-order valence-electron chi connectivity index (χ0n) is 25.3. The lowest BCUT2D eigenvalue weighted by Crippen LogP contribution is -2.50. The lowest BCUT2D eigenvalue weighted by Gasteiger charge is -2.41. The Balaban J connectivity index is 1.15. The molecule has 6 rings (SSSR count). The van der Waals surface area contributed by atoms with Gasteiger partial charge in [0.1, 0.15) is 0 Å². The van der Waals surface area contributed by atoms with Crippen LogP contribution in [0.3, 0.4) is 0 Å². The fourth-order valence-electron chi connectivity index (χ4n) is 7.08. The average molecular weight is 583 g/mol. The van der Waals surface area contributed by atoms with Gasteiger partial charge in [-0.15, -0.1) is 0 Å². The van der Waals surface area contributed by atoms with Gasteiger partial charge in [-0.25, -0.2) is 0 Å². The Bertz CT molecular complexity index is 1480. The highest BCUT2D eigenvalue weighted by Crippen LogP contribution is 2.36. The van der Waals surface area contributed by atoms with Crippen molar-refractivity contribution in [2.24, 2.45) is 5.92 Å². The third-order valence-electron chi connectivity index (χ3n) is 9.53. The summed E-state index contributed by atoms with van der Waals surface area (Å²) in [6.07, 6.45) is 4.33. The fraction of sp³-hybridized carbons (Fsp3) is 0.457. The van der Waals surface area contributed by atoms with Gasteiger partial charge in [-0.1, -0.05) is 48.5 Å². The van der Waals surface area contributed by atoms with Gasteiger partial charge >= 0.3 is 0 Å². The van der Waals surface area contributed by atoms with Gasteiger partial charge < -0.3 is 19.4 Å². The topological polar surface area (TPSA) is 73.4 Å². The Morgan fingerprint density at radius 3 is 2.37 bits per heavy atom. The number of likely N-dealkylation sites (tertiary alicyclic amines) is 1. The molecule has 0 unspecified atom stereocenters. The number of hydrogen-bond donors (Lipinski definition) is 0. The van der Waals surface area contributed by atoms with Crippen LogP contribution in [-0.4, -0.2) is 92.0 Å². The molecule has 0 atom stereocenters. The first-order valence-corrected chi connectivity index (χ1v) is 15.6. The third-order valence-corrected chi connectivity index (χ3v) is 9.53. The second kappa shape index (κ2) is 12.9. The molecule has 3 aromatic rings. The van der Waals surface area contributed by atoms with E-state index in [1.54, 1.807) is 13.2 Å². The molecule has 0 aromatic heterocycles. The molecule has 43 heavy (non-hydrogen) atoms. The number of piperidine rings is 2. The van der Waals surface area contributed by atoms with Gasteiger partial charge in [0, 0.05) is 45.3 Å². The summed E-state index contributed by atoms with van der Waals surface area (Å²) in [7, 11) is 3.85. The number of imide groups is 1. The lowest BCUT2D eigenvalue weighted by molar-refractivity contribution is -0.139. The normalized spacial score (nSPS) is 18.5. The fourth-order valence-corrected chi connectivity index (χ4v) is 7.08. The van der Waals surface area contributed by atoms with Gasteiger partial charge in [0.25, 0.3) is 11.8 Å². The highest BCUT2D eigenvalue weighted by molar-refractivity contribution is 6.23. The molecule has 3 heterocycles. The molecule has 2 saturated heterocycles. The second-order valence-corrected chi connectivity index (χ2v) is 12.2. The molecule has 0 saturated carbocycles. The first-order chi connectivity index (χ1) is 21.0. The Morgan fingerprint density at radius 1 is 0.884 bits per heavy atom. The maximum Gasteiger partial charge on any atom is 0.263 e. The van der Waals surface area contributed by atoms with Crippen LogP contribution in [0.2, 0.25) is 0 Å². The van der Waals surface area contributed by atoms with Crippen LogP contribution in [-0.2, 0) is 16.1 Å². The number of fused-ring (bicyclic) bond motifs is 2. The summed E-state index contributed by atoms with van der Waals surface area (Å²) in [6, 6.07) is 19.9. The summed E-state index contributed by atoms with van der Waals surface area (Å²) in [6.45, 7) is 5.00. The minimum Gasteiger partial charge on any atom is -0.385 e. The number of hydrogen-bond acceptors (Lipinski definition) is 6. The summed E-state index contributed by atoms with van der Waals surface area (Å²) in [4.78, 5) is 49.2. The van der Waals surface area contributed by atoms with E-state index in [4.69, 9.17) is 4.74 Å². The number of carbonyl (C=O) groups is 3. The molecule has 2 fully saturated rings. The van der Waals surface area contributed by atoms with E-state index in [0.29, 0.717) is 30.8 Å². The third kappa shape index (κ3) is 5.91. The lowest BCUT2D eigenvalue weighted by atomic mass is 9.92. The highest BCUT2D eigenvalue weighted by atomic mass is 16.5. The van der Waals surface area contributed by atoms with Crippen LogP contribution in [0.5, 0.6) is 0 Å². The number of carbonyl (C=O) groups excluding carboxylic acids is 3. The minimum absolute atomic E-state index is 0.0320. The molecule has 3 aromatic carbocycles. The number of nitrogens with zero attached hydrogens (tertiary/aromatic N) is 4. The molecule has 0 radical (unpaired) electrons. The quantitative estimate of drug-likeness (QED) is 0.266. The van der Waals surface area contributed by atoms with Gasteiger partial charge in [-0.05, 0) is 80.7 Å². The zero-order chi connectivity index (χ0) is 29.9. The van der Waals surface area contributed by atoms with E-state index in [2.05, 4.69) is 21.7 Å². The summed E-state index contributed by atoms with van der Waals surface area (Å²) in [5.74, 6) is -0.260. The van der Waals surface area contributed by atoms with E-state index >= 15 is 0 Å². The second-order valence-electron chi connectivity index (χ2n) is 12.2. The molecule has 8 nitrogen and oxygen atoms in total. The Labute approximate surface area is 254 Å². The van der Waals surface area contributed by atoms with E-state index in [-0.39, 0.29) is 36.2 Å². The largest absolute Gasteiger partial charge is 0.385 e. The van der Waals surface area contributed by atoms with E-state index in [9.17, 15) is 14.4 Å². The van der Waals surface area contributed by atoms with Crippen molar-refractivity contribution in [1.82, 2.24) is 14.7 Å². The SMILES string of the molecule is COCCCN(C(=O)C1CCN(c2cccc3c2C(=O)N(Cc2cccc4ccccc24)C3=O)CC1)C1CCN(C)CC1. The van der Waals surface area contributed by atoms with Gasteiger partial charge in [-0.3, -0.25) is 19.3 Å². The Kier molecular flexibility index (Phi) is 8.77. The first kappa shape index (κ1) is 29.3. The maximum atomic E-state index is 13.9. The smallest absolute Gasteiger partial charge is 0.263 e. The number of ether oxygens (including phenoxy) is 1. The Morgan fingerprint density at radius 2 is 1.60 bits per heavy atom. The van der Waals surface area contributed by atoms with Gasteiger partial charge in [-0.2, -0.15) is 0 Å². The molecule has 3 amide bonds. The molecule has 0 N–H and O–H groups in total. The maximum absolute atomic E-state index is 13.9. The molecule has 0 bridgehead atoms.